The molecule has 0 spiro atoms. The fraction of sp³-hybridized carbons (Fsp3) is 0.833. The number of rotatable bonds is 5. The van der Waals surface area contributed by atoms with E-state index in [1.54, 1.807) is 0 Å². The van der Waals surface area contributed by atoms with E-state index < -0.39 is 12.2 Å². The molecular weight excluding hydrogens is 208 g/mol. The molecule has 0 aliphatic heterocycles. The number of carbonyl (C=O) groups excluding carboxylic acids is 2. The Morgan fingerprint density at radius 1 is 1.38 bits per heavy atom. The molecule has 0 bridgehead atoms. The second-order valence-electron chi connectivity index (χ2n) is 4.20. The Labute approximate surface area is 96.3 Å². The van der Waals surface area contributed by atoms with Crippen molar-refractivity contribution in [2.45, 2.75) is 38.9 Å². The third kappa shape index (κ3) is 2.68. The van der Waals surface area contributed by atoms with Crippen molar-refractivity contribution in [2.24, 2.45) is 11.8 Å². The highest BCUT2D eigenvalue weighted by Crippen LogP contribution is 2.29. The van der Waals surface area contributed by atoms with E-state index in [1.165, 1.54) is 14.2 Å². The molecule has 4 nitrogen and oxygen atoms in total. The minimum Gasteiger partial charge on any atom is -0.349 e. The lowest BCUT2D eigenvalue weighted by Gasteiger charge is -2.27. The Balaban J connectivity index is 2.71. The van der Waals surface area contributed by atoms with E-state index >= 15 is 0 Å². The van der Waals surface area contributed by atoms with Gasteiger partial charge in [0.1, 0.15) is 5.78 Å². The summed E-state index contributed by atoms with van der Waals surface area (Å²) >= 11 is 0. The monoisotopic (exact) mass is 228 g/mol. The predicted molar refractivity (Wildman–Crippen MR) is 58.9 cm³/mol. The summed E-state index contributed by atoms with van der Waals surface area (Å²) in [5, 5.41) is 0. The molecule has 0 radical (unpaired) electrons. The minimum atomic E-state index is -0.899. The van der Waals surface area contributed by atoms with Gasteiger partial charge in [0.2, 0.25) is 6.29 Å². The molecule has 4 heteroatoms. The second kappa shape index (κ2) is 6.11. The van der Waals surface area contributed by atoms with Crippen LogP contribution in [0, 0.1) is 11.8 Å². The summed E-state index contributed by atoms with van der Waals surface area (Å²) in [4.78, 5) is 24.0. The van der Waals surface area contributed by atoms with E-state index in [-0.39, 0.29) is 17.5 Å². The van der Waals surface area contributed by atoms with Gasteiger partial charge in [-0.15, -0.1) is 0 Å². The number of Topliss-reactive ketones (excluding diaryl/α,β-unsaturated/α-hetero) is 2. The summed E-state index contributed by atoms with van der Waals surface area (Å²) in [5.41, 5.74) is 0. The molecule has 92 valence electrons. The van der Waals surface area contributed by atoms with E-state index in [9.17, 15) is 9.59 Å². The number of hydrogen-bond donors (Lipinski definition) is 0. The van der Waals surface area contributed by atoms with Crippen LogP contribution in [0.1, 0.15) is 32.6 Å². The van der Waals surface area contributed by atoms with Crippen LogP contribution in [0.2, 0.25) is 0 Å². The summed E-state index contributed by atoms with van der Waals surface area (Å²) in [7, 11) is 2.83. The minimum absolute atomic E-state index is 0.0389. The molecule has 16 heavy (non-hydrogen) atoms. The molecule has 2 unspecified atom stereocenters. The van der Waals surface area contributed by atoms with Crippen molar-refractivity contribution in [3.05, 3.63) is 0 Å². The van der Waals surface area contributed by atoms with Crippen LogP contribution in [0.15, 0.2) is 0 Å². The molecule has 0 amide bonds. The topological polar surface area (TPSA) is 52.6 Å². The highest BCUT2D eigenvalue weighted by molar-refractivity contribution is 6.05. The average molecular weight is 228 g/mol. The first-order valence-electron chi connectivity index (χ1n) is 5.78. The van der Waals surface area contributed by atoms with Gasteiger partial charge in [-0.25, -0.2) is 0 Å². The number of ketones is 2. The summed E-state index contributed by atoms with van der Waals surface area (Å²) in [6.07, 6.45) is 2.39. The lowest BCUT2D eigenvalue weighted by atomic mass is 9.77. The molecule has 0 aromatic rings. The largest absolute Gasteiger partial charge is 0.349 e. The lowest BCUT2D eigenvalue weighted by Crippen LogP contribution is -2.40. The van der Waals surface area contributed by atoms with E-state index in [4.69, 9.17) is 9.47 Å². The Morgan fingerprint density at radius 2 is 2.00 bits per heavy atom. The Hall–Kier alpha value is -0.740. The molecular formula is C12H20O4. The maximum atomic E-state index is 12.0. The first-order valence-corrected chi connectivity index (χ1v) is 5.78. The van der Waals surface area contributed by atoms with Crippen LogP contribution in [-0.4, -0.2) is 32.1 Å². The maximum Gasteiger partial charge on any atom is 0.218 e. The smallest absolute Gasteiger partial charge is 0.218 e. The van der Waals surface area contributed by atoms with Crippen molar-refractivity contribution >= 4 is 11.6 Å². The predicted octanol–water partition coefficient (Wildman–Crippen LogP) is 1.57. The van der Waals surface area contributed by atoms with Crippen LogP contribution in [-0.2, 0) is 19.1 Å². The van der Waals surface area contributed by atoms with Crippen LogP contribution >= 0.6 is 0 Å². The van der Waals surface area contributed by atoms with E-state index in [0.29, 0.717) is 6.42 Å². The SMILES string of the molecule is CCC1CCCC(C(=O)C(OC)OC)C1=O. The molecule has 0 heterocycles. The molecule has 1 saturated carbocycles. The van der Waals surface area contributed by atoms with Crippen LogP contribution < -0.4 is 0 Å². The first kappa shape index (κ1) is 13.3. The molecule has 0 saturated heterocycles. The zero-order valence-electron chi connectivity index (χ0n) is 10.2. The number of carbonyl (C=O) groups is 2. The van der Waals surface area contributed by atoms with E-state index in [2.05, 4.69) is 0 Å². The second-order valence-corrected chi connectivity index (χ2v) is 4.20. The van der Waals surface area contributed by atoms with Gasteiger partial charge in [-0.3, -0.25) is 9.59 Å². The number of hydrogen-bond acceptors (Lipinski definition) is 4. The van der Waals surface area contributed by atoms with E-state index in [0.717, 1.165) is 19.3 Å². The highest BCUT2D eigenvalue weighted by Gasteiger charge is 2.38. The fourth-order valence-corrected chi connectivity index (χ4v) is 2.32. The Morgan fingerprint density at radius 3 is 2.50 bits per heavy atom. The molecule has 0 N–H and O–H groups in total. The van der Waals surface area contributed by atoms with Gasteiger partial charge < -0.3 is 9.47 Å². The Bertz CT molecular complexity index is 258. The molecule has 1 aliphatic rings. The normalized spacial score (nSPS) is 26.1. The van der Waals surface area contributed by atoms with Crippen molar-refractivity contribution in [1.82, 2.24) is 0 Å². The van der Waals surface area contributed by atoms with Crippen LogP contribution in [0.25, 0.3) is 0 Å². The van der Waals surface area contributed by atoms with Gasteiger partial charge in [0.15, 0.2) is 5.78 Å². The third-order valence-electron chi connectivity index (χ3n) is 3.29. The van der Waals surface area contributed by atoms with Crippen LogP contribution in [0.5, 0.6) is 0 Å². The summed E-state index contributed by atoms with van der Waals surface area (Å²) in [6, 6.07) is 0. The summed E-state index contributed by atoms with van der Waals surface area (Å²) in [6.45, 7) is 1.99. The van der Waals surface area contributed by atoms with E-state index in [1.807, 2.05) is 6.92 Å². The van der Waals surface area contributed by atoms with Gasteiger partial charge in [-0.05, 0) is 19.3 Å². The van der Waals surface area contributed by atoms with Crippen molar-refractivity contribution < 1.29 is 19.1 Å². The lowest BCUT2D eigenvalue weighted by molar-refractivity contribution is -0.164. The van der Waals surface area contributed by atoms with Gasteiger partial charge in [0, 0.05) is 20.1 Å². The number of methoxy groups -OCH3 is 2. The molecule has 0 aromatic heterocycles. The molecule has 1 aliphatic carbocycles. The highest BCUT2D eigenvalue weighted by atomic mass is 16.7. The zero-order valence-corrected chi connectivity index (χ0v) is 10.2. The van der Waals surface area contributed by atoms with Gasteiger partial charge >= 0.3 is 0 Å². The van der Waals surface area contributed by atoms with Crippen molar-refractivity contribution in [2.75, 3.05) is 14.2 Å². The molecule has 1 fully saturated rings. The summed E-state index contributed by atoms with van der Waals surface area (Å²) in [5.74, 6) is -0.647. The Kier molecular flexibility index (Phi) is 5.09. The molecule has 0 aromatic carbocycles. The van der Waals surface area contributed by atoms with Gasteiger partial charge in [-0.1, -0.05) is 13.3 Å². The van der Waals surface area contributed by atoms with Crippen molar-refractivity contribution in [3.8, 4) is 0 Å². The molecule has 1 rings (SSSR count). The quantitative estimate of drug-likeness (QED) is 0.529. The number of ether oxygens (including phenoxy) is 2. The zero-order chi connectivity index (χ0) is 12.1. The van der Waals surface area contributed by atoms with Crippen LogP contribution in [0.3, 0.4) is 0 Å². The van der Waals surface area contributed by atoms with Gasteiger partial charge in [-0.2, -0.15) is 0 Å². The van der Waals surface area contributed by atoms with Gasteiger partial charge in [0.05, 0.1) is 5.92 Å². The summed E-state index contributed by atoms with van der Waals surface area (Å²) < 4.78 is 9.82. The van der Waals surface area contributed by atoms with Crippen molar-refractivity contribution in [3.63, 3.8) is 0 Å². The fourth-order valence-electron chi connectivity index (χ4n) is 2.32. The standard InChI is InChI=1S/C12H20O4/c1-4-8-6-5-7-9(10(8)13)11(14)12(15-2)16-3/h8-9,12H,4-7H2,1-3H3. The maximum absolute atomic E-state index is 12.0. The average Bonchev–Trinajstić information content (AvgIpc) is 2.30. The van der Waals surface area contributed by atoms with Gasteiger partial charge in [0.25, 0.3) is 0 Å². The third-order valence-corrected chi connectivity index (χ3v) is 3.29. The first-order chi connectivity index (χ1) is 7.65. The van der Waals surface area contributed by atoms with Crippen molar-refractivity contribution in [1.29, 1.82) is 0 Å². The molecule has 2 atom stereocenters. The van der Waals surface area contributed by atoms with Crippen LogP contribution in [0.4, 0.5) is 0 Å².